The molecular weight excluding hydrogens is 380 g/mol. The topological polar surface area (TPSA) is 51.0 Å². The minimum Gasteiger partial charge on any atom is -0.342 e. The van der Waals surface area contributed by atoms with Crippen LogP contribution in [0.25, 0.3) is 5.69 Å². The number of para-hydroxylation sites is 1. The van der Waals surface area contributed by atoms with E-state index in [-0.39, 0.29) is 11.2 Å². The van der Waals surface area contributed by atoms with Gasteiger partial charge in [-0.05, 0) is 44.4 Å². The van der Waals surface area contributed by atoms with Gasteiger partial charge < -0.3 is 4.90 Å². The Balaban J connectivity index is 1.68. The fourth-order valence-corrected chi connectivity index (χ4v) is 4.44. The van der Waals surface area contributed by atoms with Crippen molar-refractivity contribution >= 4 is 17.7 Å². The first-order valence-corrected chi connectivity index (χ1v) is 11.1. The van der Waals surface area contributed by atoms with Gasteiger partial charge in [0.15, 0.2) is 0 Å². The number of carbonyl (C=O) groups is 1. The Morgan fingerprint density at radius 2 is 1.69 bits per heavy atom. The largest absolute Gasteiger partial charge is 0.342 e. The van der Waals surface area contributed by atoms with E-state index in [1.54, 1.807) is 0 Å². The third-order valence-corrected chi connectivity index (χ3v) is 6.27. The van der Waals surface area contributed by atoms with Crippen molar-refractivity contribution in [3.63, 3.8) is 0 Å². The minimum atomic E-state index is -0.352. The van der Waals surface area contributed by atoms with Crippen LogP contribution in [0.2, 0.25) is 0 Å². The van der Waals surface area contributed by atoms with E-state index in [0.29, 0.717) is 24.2 Å². The van der Waals surface area contributed by atoms with Crippen molar-refractivity contribution in [2.45, 2.75) is 43.0 Å². The van der Waals surface area contributed by atoms with Crippen LogP contribution in [0.4, 0.5) is 0 Å². The van der Waals surface area contributed by atoms with Crippen molar-refractivity contribution in [3.05, 3.63) is 72.1 Å². The van der Waals surface area contributed by atoms with Crippen LogP contribution in [0.3, 0.4) is 0 Å². The Kier molecular flexibility index (Phi) is 6.00. The third kappa shape index (κ3) is 4.37. The first-order valence-electron chi connectivity index (χ1n) is 10.2. The number of rotatable bonds is 8. The average Bonchev–Trinajstić information content (AvgIpc) is 3.53. The van der Waals surface area contributed by atoms with Crippen LogP contribution in [0, 0.1) is 0 Å². The van der Waals surface area contributed by atoms with Gasteiger partial charge in [-0.25, -0.2) is 9.67 Å². The first kappa shape index (κ1) is 19.7. The molecule has 0 bridgehead atoms. The molecule has 1 unspecified atom stereocenters. The second-order valence-corrected chi connectivity index (χ2v) is 8.27. The second kappa shape index (κ2) is 8.82. The van der Waals surface area contributed by atoms with Gasteiger partial charge in [-0.2, -0.15) is 0 Å². The number of benzene rings is 2. The highest BCUT2D eigenvalue weighted by Crippen LogP contribution is 2.42. The Morgan fingerprint density at radius 1 is 1.07 bits per heavy atom. The highest BCUT2D eigenvalue weighted by atomic mass is 32.2. The fraction of sp³-hybridized carbons (Fsp3) is 0.348. The predicted octanol–water partition coefficient (Wildman–Crippen LogP) is 4.85. The summed E-state index contributed by atoms with van der Waals surface area (Å²) < 4.78 is 1.95. The van der Waals surface area contributed by atoms with Crippen LogP contribution in [-0.2, 0) is 4.79 Å². The molecule has 1 saturated carbocycles. The van der Waals surface area contributed by atoms with Gasteiger partial charge >= 0.3 is 0 Å². The van der Waals surface area contributed by atoms with Crippen LogP contribution in [0.5, 0.6) is 0 Å². The number of nitrogens with zero attached hydrogens (tertiary/aromatic N) is 4. The molecule has 6 heteroatoms. The molecule has 1 fully saturated rings. The molecule has 1 amide bonds. The maximum absolute atomic E-state index is 13.3. The summed E-state index contributed by atoms with van der Waals surface area (Å²) in [6, 6.07) is 20.1. The summed E-state index contributed by atoms with van der Waals surface area (Å²) in [6.07, 6.45) is 2.30. The summed E-state index contributed by atoms with van der Waals surface area (Å²) in [6.45, 7) is 5.42. The molecule has 0 N–H and O–H groups in total. The first-order chi connectivity index (χ1) is 14.2. The van der Waals surface area contributed by atoms with Crippen LogP contribution < -0.4 is 0 Å². The number of hydrogen-bond acceptors (Lipinski definition) is 4. The number of carbonyl (C=O) groups excluding carboxylic acids is 1. The van der Waals surface area contributed by atoms with E-state index in [1.165, 1.54) is 11.8 Å². The lowest BCUT2D eigenvalue weighted by molar-refractivity contribution is -0.130. The van der Waals surface area contributed by atoms with Gasteiger partial charge in [-0.3, -0.25) is 4.79 Å². The standard InChI is InChI=1S/C23H26N4OS/c1-3-26(4-2)22(28)20(17-11-7-5-8-12-17)29-23-24-21(18-15-16-18)27(25-23)19-13-9-6-10-14-19/h5-14,18,20H,3-4,15-16H2,1-2H3. The molecule has 0 spiro atoms. The summed E-state index contributed by atoms with van der Waals surface area (Å²) in [7, 11) is 0. The van der Waals surface area contributed by atoms with Crippen molar-refractivity contribution in [1.82, 2.24) is 19.7 Å². The smallest absolute Gasteiger partial charge is 0.240 e. The highest BCUT2D eigenvalue weighted by molar-refractivity contribution is 8.00. The Hall–Kier alpha value is -2.60. The SMILES string of the molecule is CCN(CC)C(=O)C(Sc1nc(C2CC2)n(-c2ccccc2)n1)c1ccccc1. The van der Waals surface area contributed by atoms with Crippen molar-refractivity contribution in [2.24, 2.45) is 0 Å². The summed E-state index contributed by atoms with van der Waals surface area (Å²) >= 11 is 1.45. The molecule has 0 saturated heterocycles. The van der Waals surface area contributed by atoms with Gasteiger partial charge in [-0.1, -0.05) is 60.3 Å². The van der Waals surface area contributed by atoms with Gasteiger partial charge in [-0.15, -0.1) is 5.10 Å². The molecule has 1 aliphatic rings. The second-order valence-electron chi connectivity index (χ2n) is 7.19. The van der Waals surface area contributed by atoms with Crippen LogP contribution in [0.1, 0.15) is 49.2 Å². The van der Waals surface area contributed by atoms with E-state index >= 15 is 0 Å². The molecule has 1 heterocycles. The van der Waals surface area contributed by atoms with Crippen molar-refractivity contribution in [2.75, 3.05) is 13.1 Å². The van der Waals surface area contributed by atoms with Crippen molar-refractivity contribution in [1.29, 1.82) is 0 Å². The molecule has 150 valence electrons. The molecule has 1 atom stereocenters. The third-order valence-electron chi connectivity index (χ3n) is 5.18. The highest BCUT2D eigenvalue weighted by Gasteiger charge is 2.32. The van der Waals surface area contributed by atoms with Gasteiger partial charge in [0.1, 0.15) is 11.1 Å². The molecule has 2 aromatic carbocycles. The summed E-state index contributed by atoms with van der Waals surface area (Å²) in [5.74, 6) is 1.57. The van der Waals surface area contributed by atoms with Crippen LogP contribution >= 0.6 is 11.8 Å². The van der Waals surface area contributed by atoms with Crippen molar-refractivity contribution in [3.8, 4) is 5.69 Å². The van der Waals surface area contributed by atoms with E-state index in [9.17, 15) is 4.79 Å². The normalized spacial score (nSPS) is 14.6. The zero-order chi connectivity index (χ0) is 20.2. The molecule has 4 rings (SSSR count). The zero-order valence-corrected chi connectivity index (χ0v) is 17.7. The lowest BCUT2D eigenvalue weighted by Gasteiger charge is -2.24. The Morgan fingerprint density at radius 3 is 2.28 bits per heavy atom. The summed E-state index contributed by atoms with van der Waals surface area (Å²) in [5.41, 5.74) is 2.00. The van der Waals surface area contributed by atoms with E-state index in [1.807, 2.05) is 84.1 Å². The van der Waals surface area contributed by atoms with Crippen LogP contribution in [0.15, 0.2) is 65.8 Å². The Labute approximate surface area is 176 Å². The lowest BCUT2D eigenvalue weighted by atomic mass is 10.1. The predicted molar refractivity (Wildman–Crippen MR) is 116 cm³/mol. The zero-order valence-electron chi connectivity index (χ0n) is 16.9. The number of thioether (sulfide) groups is 1. The van der Waals surface area contributed by atoms with Gasteiger partial charge in [0.25, 0.3) is 0 Å². The number of likely N-dealkylation sites (N-methyl/N-ethyl adjacent to an activating group) is 1. The molecular formula is C23H26N4OS. The number of amides is 1. The molecule has 0 aliphatic heterocycles. The van der Waals surface area contributed by atoms with Gasteiger partial charge in [0.05, 0.1) is 5.69 Å². The van der Waals surface area contributed by atoms with E-state index in [0.717, 1.165) is 29.9 Å². The van der Waals surface area contributed by atoms with E-state index < -0.39 is 0 Å². The average molecular weight is 407 g/mol. The molecule has 0 radical (unpaired) electrons. The number of aromatic nitrogens is 3. The molecule has 3 aromatic rings. The van der Waals surface area contributed by atoms with Gasteiger partial charge in [0.2, 0.25) is 11.1 Å². The van der Waals surface area contributed by atoms with E-state index in [2.05, 4.69) is 0 Å². The monoisotopic (exact) mass is 406 g/mol. The lowest BCUT2D eigenvalue weighted by Crippen LogP contribution is -2.33. The van der Waals surface area contributed by atoms with Crippen molar-refractivity contribution < 1.29 is 4.79 Å². The molecule has 5 nitrogen and oxygen atoms in total. The van der Waals surface area contributed by atoms with Crippen LogP contribution in [-0.4, -0.2) is 38.7 Å². The number of hydrogen-bond donors (Lipinski definition) is 0. The molecule has 29 heavy (non-hydrogen) atoms. The van der Waals surface area contributed by atoms with E-state index in [4.69, 9.17) is 10.1 Å². The molecule has 1 aliphatic carbocycles. The quantitative estimate of drug-likeness (QED) is 0.502. The summed E-state index contributed by atoms with van der Waals surface area (Å²) in [5, 5.41) is 5.10. The Bertz CT molecular complexity index is 950. The fourth-order valence-electron chi connectivity index (χ4n) is 3.41. The van der Waals surface area contributed by atoms with Gasteiger partial charge in [0, 0.05) is 19.0 Å². The maximum atomic E-state index is 13.3. The minimum absolute atomic E-state index is 0.107. The maximum Gasteiger partial charge on any atom is 0.240 e. The summed E-state index contributed by atoms with van der Waals surface area (Å²) in [4.78, 5) is 20.0. The molecule has 1 aromatic heterocycles.